The Balaban J connectivity index is 1.07. The maximum absolute atomic E-state index is 12.5. The van der Waals surface area contributed by atoms with Crippen molar-refractivity contribution in [2.75, 3.05) is 71.4 Å². The number of carbonyl (C=O) groups is 1. The van der Waals surface area contributed by atoms with Crippen LogP contribution in [0.5, 0.6) is 0 Å². The molecule has 3 aliphatic heterocycles. The number of amides is 1. The molecule has 0 bridgehead atoms. The molecule has 0 radical (unpaired) electrons. The molecule has 0 saturated carbocycles. The molecule has 2 fully saturated rings. The van der Waals surface area contributed by atoms with Crippen LogP contribution in [0, 0.1) is 0 Å². The lowest BCUT2D eigenvalue weighted by Crippen LogP contribution is -2.54. The molecule has 0 aromatic carbocycles. The number of carbonyl (C=O) groups excluding carboxylic acids is 1. The Labute approximate surface area is 205 Å². The van der Waals surface area contributed by atoms with Crippen LogP contribution in [0.2, 0.25) is 0 Å². The highest BCUT2D eigenvalue weighted by Crippen LogP contribution is 2.22. The lowest BCUT2D eigenvalue weighted by atomic mass is 10.1. The molecule has 0 atom stereocenters. The first kappa shape index (κ1) is 23.4. The molecular weight excluding hydrogens is 448 g/mol. The average Bonchev–Trinajstić information content (AvgIpc) is 3.35. The van der Waals surface area contributed by atoms with E-state index in [4.69, 9.17) is 4.74 Å². The highest BCUT2D eigenvalue weighted by molar-refractivity contribution is 7.09. The maximum atomic E-state index is 12.5. The number of pyridine rings is 1. The predicted molar refractivity (Wildman–Crippen MR) is 136 cm³/mol. The van der Waals surface area contributed by atoms with Crippen molar-refractivity contribution in [3.05, 3.63) is 51.9 Å². The van der Waals surface area contributed by atoms with Crippen LogP contribution in [0.3, 0.4) is 0 Å². The van der Waals surface area contributed by atoms with Gasteiger partial charge in [0.05, 0.1) is 19.4 Å². The van der Waals surface area contributed by atoms with E-state index in [2.05, 4.69) is 49.6 Å². The van der Waals surface area contributed by atoms with Gasteiger partial charge in [0.2, 0.25) is 5.91 Å². The van der Waals surface area contributed by atoms with Gasteiger partial charge in [0.25, 0.3) is 0 Å². The Hall–Kier alpha value is -2.30. The molecule has 2 aromatic rings. The van der Waals surface area contributed by atoms with Gasteiger partial charge in [0.1, 0.15) is 5.82 Å². The largest absolute Gasteiger partial charge is 0.369 e. The number of hydrogen-bond acceptors (Lipinski definition) is 8. The van der Waals surface area contributed by atoms with Gasteiger partial charge >= 0.3 is 0 Å². The van der Waals surface area contributed by atoms with Gasteiger partial charge in [0, 0.05) is 81.6 Å². The van der Waals surface area contributed by atoms with Gasteiger partial charge in [-0.1, -0.05) is 6.07 Å². The molecule has 9 heteroatoms. The number of likely N-dealkylation sites (N-methyl/N-ethyl adjacent to an activating group) is 1. The van der Waals surface area contributed by atoms with E-state index in [-0.39, 0.29) is 12.0 Å². The van der Waals surface area contributed by atoms with Gasteiger partial charge in [-0.05, 0) is 36.2 Å². The second-order valence-electron chi connectivity index (χ2n) is 9.40. The Morgan fingerprint density at radius 2 is 2.06 bits per heavy atom. The number of hydrogen-bond donors (Lipinski definition) is 1. The van der Waals surface area contributed by atoms with Gasteiger partial charge in [0.15, 0.2) is 0 Å². The molecule has 0 aliphatic carbocycles. The van der Waals surface area contributed by atoms with E-state index in [1.54, 1.807) is 17.4 Å². The smallest absolute Gasteiger partial charge is 0.246 e. The fourth-order valence-electron chi connectivity index (χ4n) is 4.49. The number of thiophene rings is 1. The SMILES string of the molecule is CN1CCN(CCN2CNc3ncc(C=CC(=O)N4CC(OCc5cccs5)C4)cc3C2)CC1. The fraction of sp³-hybridized carbons (Fsp3) is 0.520. The van der Waals surface area contributed by atoms with Crippen molar-refractivity contribution in [2.24, 2.45) is 0 Å². The van der Waals surface area contributed by atoms with Crippen LogP contribution >= 0.6 is 11.3 Å². The van der Waals surface area contributed by atoms with Crippen LogP contribution in [0.15, 0.2) is 35.9 Å². The molecule has 182 valence electrons. The Morgan fingerprint density at radius 3 is 2.85 bits per heavy atom. The van der Waals surface area contributed by atoms with E-state index < -0.39 is 0 Å². The van der Waals surface area contributed by atoms with E-state index in [9.17, 15) is 4.79 Å². The summed E-state index contributed by atoms with van der Waals surface area (Å²) in [5.41, 5.74) is 2.14. The van der Waals surface area contributed by atoms with E-state index in [0.29, 0.717) is 19.7 Å². The zero-order valence-corrected chi connectivity index (χ0v) is 20.7. The summed E-state index contributed by atoms with van der Waals surface area (Å²) in [7, 11) is 2.19. The number of ether oxygens (including phenoxy) is 1. The third-order valence-corrected chi connectivity index (χ3v) is 7.65. The van der Waals surface area contributed by atoms with Gasteiger partial charge in [-0.3, -0.25) is 14.6 Å². The lowest BCUT2D eigenvalue weighted by Gasteiger charge is -2.38. The molecule has 8 nitrogen and oxygen atoms in total. The van der Waals surface area contributed by atoms with E-state index in [1.807, 2.05) is 23.2 Å². The molecule has 1 amide bonds. The first-order valence-electron chi connectivity index (χ1n) is 12.1. The minimum absolute atomic E-state index is 0.0284. The third kappa shape index (κ3) is 6.03. The Morgan fingerprint density at radius 1 is 1.24 bits per heavy atom. The van der Waals surface area contributed by atoms with Crippen LogP contribution in [0.1, 0.15) is 16.0 Å². The first-order valence-corrected chi connectivity index (χ1v) is 13.0. The minimum atomic E-state index is 0.0284. The maximum Gasteiger partial charge on any atom is 0.246 e. The van der Waals surface area contributed by atoms with Crippen LogP contribution in [0.25, 0.3) is 6.08 Å². The van der Waals surface area contributed by atoms with Gasteiger partial charge in [-0.2, -0.15) is 0 Å². The van der Waals surface area contributed by atoms with Gasteiger partial charge in [-0.25, -0.2) is 4.98 Å². The highest BCUT2D eigenvalue weighted by Gasteiger charge is 2.30. The van der Waals surface area contributed by atoms with Crippen LogP contribution in [-0.2, 0) is 22.7 Å². The minimum Gasteiger partial charge on any atom is -0.369 e. The fourth-order valence-corrected chi connectivity index (χ4v) is 5.11. The van der Waals surface area contributed by atoms with E-state index in [0.717, 1.165) is 63.9 Å². The number of anilines is 1. The molecule has 2 saturated heterocycles. The molecule has 0 unspecified atom stereocenters. The number of nitrogens with zero attached hydrogens (tertiary/aromatic N) is 5. The number of rotatable bonds is 8. The van der Waals surface area contributed by atoms with Crippen LogP contribution in [0.4, 0.5) is 5.82 Å². The van der Waals surface area contributed by atoms with Crippen molar-refractivity contribution in [3.8, 4) is 0 Å². The molecule has 0 spiro atoms. The summed E-state index contributed by atoms with van der Waals surface area (Å²) in [4.78, 5) is 27.5. The van der Waals surface area contributed by atoms with Gasteiger partial charge in [-0.15, -0.1) is 11.3 Å². The number of aromatic nitrogens is 1. The highest BCUT2D eigenvalue weighted by atomic mass is 32.1. The molecular formula is C25H34N6O2S. The zero-order valence-electron chi connectivity index (χ0n) is 19.9. The van der Waals surface area contributed by atoms with Crippen molar-refractivity contribution < 1.29 is 9.53 Å². The number of fused-ring (bicyclic) bond motifs is 1. The van der Waals surface area contributed by atoms with Crippen molar-refractivity contribution in [1.82, 2.24) is 24.6 Å². The van der Waals surface area contributed by atoms with Crippen molar-refractivity contribution in [3.63, 3.8) is 0 Å². The summed E-state index contributed by atoms with van der Waals surface area (Å²) in [6.45, 7) is 10.4. The third-order valence-electron chi connectivity index (χ3n) is 6.80. The summed E-state index contributed by atoms with van der Waals surface area (Å²) < 4.78 is 5.87. The van der Waals surface area contributed by atoms with E-state index in [1.165, 1.54) is 10.4 Å². The quantitative estimate of drug-likeness (QED) is 0.578. The standard InChI is InChI=1S/C25H34N6O2S/c1-28-6-8-29(9-7-28)10-11-30-15-21-13-20(14-26-25(21)27-19-30)4-5-24(32)31-16-22(17-31)33-18-23-3-2-12-34-23/h2-5,12-14,22H,6-11,15-19H2,1H3,(H,26,27). The molecule has 5 heterocycles. The normalized spacial score (nSPS) is 20.3. The summed E-state index contributed by atoms with van der Waals surface area (Å²) in [5, 5.41) is 5.49. The van der Waals surface area contributed by atoms with Crippen molar-refractivity contribution in [1.29, 1.82) is 0 Å². The first-order chi connectivity index (χ1) is 16.6. The topological polar surface area (TPSA) is 64.2 Å². The summed E-state index contributed by atoms with van der Waals surface area (Å²) in [5.74, 6) is 0.980. The molecule has 34 heavy (non-hydrogen) atoms. The second kappa shape index (κ2) is 11.0. The Kier molecular flexibility index (Phi) is 7.56. The number of nitrogens with one attached hydrogen (secondary N) is 1. The summed E-state index contributed by atoms with van der Waals surface area (Å²) >= 11 is 1.70. The molecule has 2 aromatic heterocycles. The summed E-state index contributed by atoms with van der Waals surface area (Å²) in [6.07, 6.45) is 5.49. The molecule has 3 aliphatic rings. The number of piperazine rings is 1. The second-order valence-corrected chi connectivity index (χ2v) is 10.4. The Bertz CT molecular complexity index is 983. The molecule has 5 rings (SSSR count). The average molecular weight is 483 g/mol. The summed E-state index contributed by atoms with van der Waals surface area (Å²) in [6, 6.07) is 6.25. The van der Waals surface area contributed by atoms with Crippen LogP contribution < -0.4 is 5.32 Å². The van der Waals surface area contributed by atoms with Crippen LogP contribution in [-0.4, -0.2) is 103 Å². The van der Waals surface area contributed by atoms with Crippen molar-refractivity contribution >= 4 is 29.1 Å². The zero-order chi connectivity index (χ0) is 23.3. The van der Waals surface area contributed by atoms with E-state index >= 15 is 0 Å². The lowest BCUT2D eigenvalue weighted by molar-refractivity contribution is -0.140. The number of likely N-dealkylation sites (tertiary alicyclic amines) is 1. The van der Waals surface area contributed by atoms with Gasteiger partial charge < -0.3 is 19.9 Å². The van der Waals surface area contributed by atoms with Crippen molar-refractivity contribution in [2.45, 2.75) is 19.3 Å². The molecule has 1 N–H and O–H groups in total. The predicted octanol–water partition coefficient (Wildman–Crippen LogP) is 2.02. The monoisotopic (exact) mass is 482 g/mol.